The van der Waals surface area contributed by atoms with Gasteiger partial charge in [0.15, 0.2) is 0 Å². The van der Waals surface area contributed by atoms with E-state index in [1.165, 1.54) is 0 Å². The van der Waals surface area contributed by atoms with Gasteiger partial charge in [-0.1, -0.05) is 31.2 Å². The van der Waals surface area contributed by atoms with E-state index in [0.717, 1.165) is 11.1 Å². The van der Waals surface area contributed by atoms with Gasteiger partial charge in [-0.05, 0) is 11.1 Å². The Labute approximate surface area is 101 Å². The maximum absolute atomic E-state index is 11.8. The van der Waals surface area contributed by atoms with Crippen LogP contribution in [-0.2, 0) is 11.2 Å². The molecule has 4 N–H and O–H groups in total. The van der Waals surface area contributed by atoms with E-state index in [9.17, 15) is 9.90 Å². The Balaban J connectivity index is 2.14. The van der Waals surface area contributed by atoms with Crippen molar-refractivity contribution in [2.75, 3.05) is 6.54 Å². The van der Waals surface area contributed by atoms with Crippen LogP contribution in [0.4, 0.5) is 0 Å². The Kier molecular flexibility index (Phi) is 3.45. The van der Waals surface area contributed by atoms with Gasteiger partial charge in [-0.3, -0.25) is 4.79 Å². The van der Waals surface area contributed by atoms with Gasteiger partial charge in [0.25, 0.3) is 0 Å². The smallest absolute Gasteiger partial charge is 0.224 e. The summed E-state index contributed by atoms with van der Waals surface area (Å²) in [6, 6.07) is 7.49. The number of nitrogens with two attached hydrogens (primary N) is 1. The molecule has 0 saturated heterocycles. The molecule has 17 heavy (non-hydrogen) atoms. The van der Waals surface area contributed by atoms with Crippen LogP contribution in [0.1, 0.15) is 24.1 Å². The predicted octanol–water partition coefficient (Wildman–Crippen LogP) is 0.356. The molecule has 0 radical (unpaired) electrons. The summed E-state index contributed by atoms with van der Waals surface area (Å²) in [5.41, 5.74) is 7.57. The van der Waals surface area contributed by atoms with E-state index in [4.69, 9.17) is 5.73 Å². The Morgan fingerprint density at radius 2 is 2.29 bits per heavy atom. The van der Waals surface area contributed by atoms with Gasteiger partial charge in [0.1, 0.15) is 0 Å². The molecule has 0 spiro atoms. The third-order valence-electron chi connectivity index (χ3n) is 3.30. The number of aliphatic hydroxyl groups excluding tert-OH is 1. The number of fused-ring (bicyclic) bond motifs is 1. The van der Waals surface area contributed by atoms with E-state index in [0.29, 0.717) is 13.0 Å². The molecule has 3 atom stereocenters. The lowest BCUT2D eigenvalue weighted by Crippen LogP contribution is -2.39. The molecular formula is C13H18N2O2. The van der Waals surface area contributed by atoms with Gasteiger partial charge >= 0.3 is 0 Å². The highest BCUT2D eigenvalue weighted by molar-refractivity contribution is 5.79. The number of carbonyl (C=O) groups excluding carboxylic acids is 1. The van der Waals surface area contributed by atoms with Crippen molar-refractivity contribution in [1.82, 2.24) is 5.32 Å². The molecule has 1 aliphatic rings. The second-order valence-corrected chi connectivity index (χ2v) is 4.59. The Hall–Kier alpha value is -1.39. The first-order valence-corrected chi connectivity index (χ1v) is 5.89. The highest BCUT2D eigenvalue weighted by Crippen LogP contribution is 2.31. The molecule has 1 aromatic carbocycles. The highest BCUT2D eigenvalue weighted by atomic mass is 16.3. The summed E-state index contributed by atoms with van der Waals surface area (Å²) >= 11 is 0. The van der Waals surface area contributed by atoms with Gasteiger partial charge in [-0.25, -0.2) is 0 Å². The first kappa shape index (κ1) is 12.1. The van der Waals surface area contributed by atoms with Crippen LogP contribution in [0.25, 0.3) is 0 Å². The molecule has 1 aliphatic carbocycles. The lowest BCUT2D eigenvalue weighted by molar-refractivity contribution is -0.125. The average Bonchev–Trinajstić information content (AvgIpc) is 2.65. The minimum atomic E-state index is -0.540. The van der Waals surface area contributed by atoms with Crippen LogP contribution in [0.3, 0.4) is 0 Å². The molecule has 2 rings (SSSR count). The zero-order valence-electron chi connectivity index (χ0n) is 9.89. The van der Waals surface area contributed by atoms with Crippen LogP contribution in [0, 0.1) is 5.92 Å². The van der Waals surface area contributed by atoms with Crippen molar-refractivity contribution in [2.45, 2.75) is 25.5 Å². The molecular weight excluding hydrogens is 216 g/mol. The van der Waals surface area contributed by atoms with Crippen molar-refractivity contribution in [2.24, 2.45) is 11.7 Å². The summed E-state index contributed by atoms with van der Waals surface area (Å²) in [5, 5.41) is 12.8. The first-order valence-electron chi connectivity index (χ1n) is 5.89. The van der Waals surface area contributed by atoms with E-state index in [1.54, 1.807) is 6.92 Å². The van der Waals surface area contributed by atoms with Gasteiger partial charge in [-0.2, -0.15) is 0 Å². The van der Waals surface area contributed by atoms with E-state index < -0.39 is 6.10 Å². The first-order chi connectivity index (χ1) is 8.13. The number of nitrogens with one attached hydrogen (secondary N) is 1. The number of benzene rings is 1. The van der Waals surface area contributed by atoms with E-state index in [1.807, 2.05) is 24.3 Å². The maximum Gasteiger partial charge on any atom is 0.224 e. The van der Waals surface area contributed by atoms with Gasteiger partial charge in [0.2, 0.25) is 5.91 Å². The van der Waals surface area contributed by atoms with Gasteiger partial charge in [0, 0.05) is 18.9 Å². The maximum atomic E-state index is 11.8. The molecule has 92 valence electrons. The van der Waals surface area contributed by atoms with Crippen LogP contribution in [-0.4, -0.2) is 23.7 Å². The third kappa shape index (κ3) is 2.33. The molecule has 4 nitrogen and oxygen atoms in total. The molecule has 3 unspecified atom stereocenters. The number of rotatable bonds is 3. The number of carbonyl (C=O) groups is 1. The summed E-state index contributed by atoms with van der Waals surface area (Å²) in [4.78, 5) is 11.8. The number of amides is 1. The fourth-order valence-corrected chi connectivity index (χ4v) is 2.15. The molecule has 0 heterocycles. The van der Waals surface area contributed by atoms with E-state index >= 15 is 0 Å². The minimum Gasteiger partial charge on any atom is -0.390 e. The third-order valence-corrected chi connectivity index (χ3v) is 3.30. The minimum absolute atomic E-state index is 0.103. The quantitative estimate of drug-likeness (QED) is 0.706. The zero-order valence-corrected chi connectivity index (χ0v) is 9.89. The van der Waals surface area contributed by atoms with Crippen molar-refractivity contribution < 1.29 is 9.90 Å². The SMILES string of the molecule is CC(CN)C(=O)NC1c2ccccc2CC1O. The topological polar surface area (TPSA) is 75.4 Å². The van der Waals surface area contributed by atoms with Crippen molar-refractivity contribution in [3.8, 4) is 0 Å². The summed E-state index contributed by atoms with van der Waals surface area (Å²) in [5.74, 6) is -0.330. The van der Waals surface area contributed by atoms with Crippen LogP contribution in [0.15, 0.2) is 24.3 Å². The molecule has 0 bridgehead atoms. The van der Waals surface area contributed by atoms with Gasteiger partial charge < -0.3 is 16.2 Å². The van der Waals surface area contributed by atoms with Gasteiger partial charge in [0.05, 0.1) is 12.1 Å². The predicted molar refractivity (Wildman–Crippen MR) is 65.3 cm³/mol. The molecule has 1 amide bonds. The second-order valence-electron chi connectivity index (χ2n) is 4.59. The second kappa shape index (κ2) is 4.85. The molecule has 0 fully saturated rings. The number of aliphatic hydroxyl groups is 1. The lowest BCUT2D eigenvalue weighted by Gasteiger charge is -2.20. The Morgan fingerprint density at radius 3 is 3.00 bits per heavy atom. The van der Waals surface area contributed by atoms with Crippen molar-refractivity contribution in [1.29, 1.82) is 0 Å². The highest BCUT2D eigenvalue weighted by Gasteiger charge is 2.32. The van der Waals surface area contributed by atoms with Gasteiger partial charge in [-0.15, -0.1) is 0 Å². The summed E-state index contributed by atoms with van der Waals surface area (Å²) in [6.07, 6.45) is 0.0549. The number of hydrogen-bond acceptors (Lipinski definition) is 3. The Bertz CT molecular complexity index is 420. The van der Waals surface area contributed by atoms with E-state index in [-0.39, 0.29) is 17.9 Å². The van der Waals surface area contributed by atoms with Crippen molar-refractivity contribution >= 4 is 5.91 Å². The van der Waals surface area contributed by atoms with Crippen LogP contribution < -0.4 is 11.1 Å². The fraction of sp³-hybridized carbons (Fsp3) is 0.462. The van der Waals surface area contributed by atoms with Crippen molar-refractivity contribution in [3.63, 3.8) is 0 Å². The van der Waals surface area contributed by atoms with Crippen LogP contribution in [0.2, 0.25) is 0 Å². The monoisotopic (exact) mass is 234 g/mol. The summed E-state index contributed by atoms with van der Waals surface area (Å²) in [7, 11) is 0. The van der Waals surface area contributed by atoms with Crippen molar-refractivity contribution in [3.05, 3.63) is 35.4 Å². The standard InChI is InChI=1S/C13H18N2O2/c1-8(7-14)13(17)15-12-10-5-3-2-4-9(10)6-11(12)16/h2-5,8,11-12,16H,6-7,14H2,1H3,(H,15,17). The average molecular weight is 234 g/mol. The molecule has 0 saturated carbocycles. The molecule has 4 heteroatoms. The molecule has 0 aromatic heterocycles. The summed E-state index contributed by atoms with van der Waals surface area (Å²) in [6.45, 7) is 2.10. The van der Waals surface area contributed by atoms with Crippen LogP contribution >= 0.6 is 0 Å². The molecule has 1 aromatic rings. The lowest BCUT2D eigenvalue weighted by atomic mass is 10.1. The Morgan fingerprint density at radius 1 is 1.59 bits per heavy atom. The zero-order chi connectivity index (χ0) is 12.4. The summed E-state index contributed by atoms with van der Waals surface area (Å²) < 4.78 is 0. The van der Waals surface area contributed by atoms with Crippen LogP contribution in [0.5, 0.6) is 0 Å². The normalized spacial score (nSPS) is 24.2. The van der Waals surface area contributed by atoms with E-state index in [2.05, 4.69) is 5.32 Å². The molecule has 0 aliphatic heterocycles. The number of hydrogen-bond donors (Lipinski definition) is 3. The fourth-order valence-electron chi connectivity index (χ4n) is 2.15. The largest absolute Gasteiger partial charge is 0.390 e.